The Bertz CT molecular complexity index is 806. The average molecular weight is 345 g/mol. The first-order valence-electron chi connectivity index (χ1n) is 7.06. The van der Waals surface area contributed by atoms with Crippen LogP contribution < -0.4 is 14.9 Å². The highest BCUT2D eigenvalue weighted by Gasteiger charge is 2.14. The van der Waals surface area contributed by atoms with E-state index in [0.717, 1.165) is 0 Å². The van der Waals surface area contributed by atoms with Crippen molar-refractivity contribution in [1.82, 2.24) is 5.43 Å². The second kappa shape index (κ2) is 8.29. The molecule has 1 amide bonds. The van der Waals surface area contributed by atoms with Crippen LogP contribution in [0.4, 0.5) is 5.69 Å². The van der Waals surface area contributed by atoms with Gasteiger partial charge in [-0.25, -0.2) is 5.43 Å². The molecule has 0 fully saturated rings. The van der Waals surface area contributed by atoms with Gasteiger partial charge in [-0.2, -0.15) is 5.10 Å². The van der Waals surface area contributed by atoms with Crippen molar-refractivity contribution in [3.05, 3.63) is 58.1 Å². The molecule has 2 aromatic carbocycles. The van der Waals surface area contributed by atoms with Crippen LogP contribution in [0.5, 0.6) is 17.2 Å². The first-order chi connectivity index (χ1) is 12.0. The van der Waals surface area contributed by atoms with E-state index < -0.39 is 17.4 Å². The first-order valence-corrected chi connectivity index (χ1v) is 7.06. The Morgan fingerprint density at radius 1 is 1.32 bits per heavy atom. The monoisotopic (exact) mass is 345 g/mol. The van der Waals surface area contributed by atoms with E-state index in [0.29, 0.717) is 11.3 Å². The summed E-state index contributed by atoms with van der Waals surface area (Å²) >= 11 is 0. The lowest BCUT2D eigenvalue weighted by Gasteiger charge is -2.05. The quantitative estimate of drug-likeness (QED) is 0.448. The van der Waals surface area contributed by atoms with Crippen LogP contribution in [0.25, 0.3) is 0 Å². The Hall–Kier alpha value is -3.62. The number of nitrogens with zero attached hydrogens (tertiary/aromatic N) is 2. The lowest BCUT2D eigenvalue weighted by Crippen LogP contribution is -2.24. The number of hydrogen-bond acceptors (Lipinski definition) is 7. The highest BCUT2D eigenvalue weighted by molar-refractivity contribution is 5.83. The van der Waals surface area contributed by atoms with E-state index in [2.05, 4.69) is 10.5 Å². The molecule has 0 atom stereocenters. The molecule has 0 aliphatic heterocycles. The minimum atomic E-state index is -0.596. The SMILES string of the molecule is COc1ccc(C=NNC(=O)COc2ccccc2[N+](=O)[O-])cc1O. The third kappa shape index (κ3) is 4.93. The highest BCUT2D eigenvalue weighted by atomic mass is 16.6. The Morgan fingerprint density at radius 2 is 2.08 bits per heavy atom. The van der Waals surface area contributed by atoms with E-state index >= 15 is 0 Å². The van der Waals surface area contributed by atoms with Crippen LogP contribution in [0.3, 0.4) is 0 Å². The normalized spacial score (nSPS) is 10.4. The zero-order valence-corrected chi connectivity index (χ0v) is 13.2. The van der Waals surface area contributed by atoms with Gasteiger partial charge >= 0.3 is 5.69 Å². The Labute approximate surface area is 142 Å². The second-order valence-electron chi connectivity index (χ2n) is 4.74. The second-order valence-corrected chi connectivity index (χ2v) is 4.74. The highest BCUT2D eigenvalue weighted by Crippen LogP contribution is 2.26. The number of para-hydroxylation sites is 2. The lowest BCUT2D eigenvalue weighted by atomic mass is 10.2. The van der Waals surface area contributed by atoms with Gasteiger partial charge in [0.15, 0.2) is 23.9 Å². The van der Waals surface area contributed by atoms with E-state index in [1.165, 1.54) is 37.6 Å². The Kier molecular flexibility index (Phi) is 5.88. The number of phenols is 1. The van der Waals surface area contributed by atoms with Gasteiger partial charge in [0, 0.05) is 6.07 Å². The number of aromatic hydroxyl groups is 1. The van der Waals surface area contributed by atoms with Crippen LogP contribution in [0.1, 0.15) is 5.56 Å². The number of amides is 1. The fourth-order valence-corrected chi connectivity index (χ4v) is 1.87. The third-order valence-corrected chi connectivity index (χ3v) is 3.03. The summed E-state index contributed by atoms with van der Waals surface area (Å²) in [6, 6.07) is 10.3. The van der Waals surface area contributed by atoms with Crippen LogP contribution in [-0.4, -0.2) is 35.9 Å². The van der Waals surface area contributed by atoms with E-state index in [4.69, 9.17) is 9.47 Å². The van der Waals surface area contributed by atoms with Gasteiger partial charge in [-0.05, 0) is 29.8 Å². The summed E-state index contributed by atoms with van der Waals surface area (Å²) in [5.41, 5.74) is 2.53. The number of rotatable bonds is 7. The summed E-state index contributed by atoms with van der Waals surface area (Å²) in [6.45, 7) is -0.434. The number of carbonyl (C=O) groups excluding carboxylic acids is 1. The molecular weight excluding hydrogens is 330 g/mol. The van der Waals surface area contributed by atoms with Crippen molar-refractivity contribution in [3.63, 3.8) is 0 Å². The molecule has 2 rings (SSSR count). The van der Waals surface area contributed by atoms with E-state index in [9.17, 15) is 20.0 Å². The molecule has 2 aromatic rings. The molecule has 0 heterocycles. The number of ether oxygens (including phenoxy) is 2. The van der Waals surface area contributed by atoms with Crippen LogP contribution in [0.2, 0.25) is 0 Å². The summed E-state index contributed by atoms with van der Waals surface area (Å²) in [7, 11) is 1.43. The van der Waals surface area contributed by atoms with Crippen LogP contribution in [0, 0.1) is 10.1 Å². The fourth-order valence-electron chi connectivity index (χ4n) is 1.87. The maximum atomic E-state index is 11.7. The molecule has 130 valence electrons. The number of nitro benzene ring substituents is 1. The molecule has 0 unspecified atom stereocenters. The number of benzene rings is 2. The summed E-state index contributed by atoms with van der Waals surface area (Å²) in [4.78, 5) is 21.9. The van der Waals surface area contributed by atoms with Gasteiger partial charge in [0.1, 0.15) is 0 Å². The largest absolute Gasteiger partial charge is 0.504 e. The topological polar surface area (TPSA) is 123 Å². The van der Waals surface area contributed by atoms with Gasteiger partial charge in [-0.1, -0.05) is 12.1 Å². The van der Waals surface area contributed by atoms with Crippen molar-refractivity contribution >= 4 is 17.8 Å². The molecule has 0 spiro atoms. The molecule has 2 N–H and O–H groups in total. The van der Waals surface area contributed by atoms with E-state index in [1.54, 1.807) is 18.2 Å². The van der Waals surface area contributed by atoms with Crippen molar-refractivity contribution in [2.24, 2.45) is 5.10 Å². The van der Waals surface area contributed by atoms with Crippen molar-refractivity contribution in [1.29, 1.82) is 0 Å². The number of phenolic OH excluding ortho intramolecular Hbond substituents is 1. The van der Waals surface area contributed by atoms with Crippen molar-refractivity contribution < 1.29 is 24.3 Å². The zero-order valence-electron chi connectivity index (χ0n) is 13.2. The molecule has 0 radical (unpaired) electrons. The summed E-state index contributed by atoms with van der Waals surface area (Å²) in [5.74, 6) is -0.338. The van der Waals surface area contributed by atoms with Gasteiger partial charge in [0.2, 0.25) is 0 Å². The van der Waals surface area contributed by atoms with Gasteiger partial charge in [-0.3, -0.25) is 14.9 Å². The molecule has 0 saturated heterocycles. The van der Waals surface area contributed by atoms with Crippen molar-refractivity contribution in [2.75, 3.05) is 13.7 Å². The number of hydrazone groups is 1. The molecule has 0 aliphatic carbocycles. The van der Waals surface area contributed by atoms with E-state index in [-0.39, 0.29) is 17.2 Å². The number of nitro groups is 1. The predicted molar refractivity (Wildman–Crippen MR) is 89.0 cm³/mol. The molecule has 0 saturated carbocycles. The minimum absolute atomic E-state index is 0.00768. The minimum Gasteiger partial charge on any atom is -0.504 e. The number of hydrogen-bond donors (Lipinski definition) is 2. The molecule has 25 heavy (non-hydrogen) atoms. The maximum Gasteiger partial charge on any atom is 0.310 e. The molecule has 9 nitrogen and oxygen atoms in total. The lowest BCUT2D eigenvalue weighted by molar-refractivity contribution is -0.385. The van der Waals surface area contributed by atoms with Gasteiger partial charge < -0.3 is 14.6 Å². The van der Waals surface area contributed by atoms with E-state index in [1.807, 2.05) is 0 Å². The molecular formula is C16H15N3O6. The summed E-state index contributed by atoms with van der Waals surface area (Å²) in [6.07, 6.45) is 1.32. The average Bonchev–Trinajstić information content (AvgIpc) is 2.60. The van der Waals surface area contributed by atoms with Gasteiger partial charge in [0.25, 0.3) is 5.91 Å². The maximum absolute atomic E-state index is 11.7. The molecule has 9 heteroatoms. The smallest absolute Gasteiger partial charge is 0.310 e. The van der Waals surface area contributed by atoms with Crippen molar-refractivity contribution in [2.45, 2.75) is 0 Å². The standard InChI is InChI=1S/C16H15N3O6/c1-24-15-7-6-11(8-13(15)20)9-17-18-16(21)10-25-14-5-3-2-4-12(14)19(22)23/h2-9,20H,10H2,1H3,(H,18,21). The zero-order chi connectivity index (χ0) is 18.2. The fraction of sp³-hybridized carbons (Fsp3) is 0.125. The number of methoxy groups -OCH3 is 1. The molecule has 0 aromatic heterocycles. The summed E-state index contributed by atoms with van der Waals surface area (Å²) < 4.78 is 10.0. The third-order valence-electron chi connectivity index (χ3n) is 3.03. The van der Waals surface area contributed by atoms with Crippen LogP contribution in [-0.2, 0) is 4.79 Å². The molecule has 0 bridgehead atoms. The summed E-state index contributed by atoms with van der Waals surface area (Å²) in [5, 5.41) is 24.2. The predicted octanol–water partition coefficient (Wildman–Crippen LogP) is 1.84. The Morgan fingerprint density at radius 3 is 2.76 bits per heavy atom. The van der Waals surface area contributed by atoms with Crippen LogP contribution in [0.15, 0.2) is 47.6 Å². The molecule has 0 aliphatic rings. The van der Waals surface area contributed by atoms with Crippen LogP contribution >= 0.6 is 0 Å². The first kappa shape index (κ1) is 17.7. The Balaban J connectivity index is 1.89. The number of nitrogens with one attached hydrogen (secondary N) is 1. The van der Waals surface area contributed by atoms with Gasteiger partial charge in [-0.15, -0.1) is 0 Å². The van der Waals surface area contributed by atoms with Crippen molar-refractivity contribution in [3.8, 4) is 17.2 Å². The number of carbonyl (C=O) groups is 1. The van der Waals surface area contributed by atoms with Gasteiger partial charge in [0.05, 0.1) is 18.2 Å².